The van der Waals surface area contributed by atoms with Gasteiger partial charge < -0.3 is 9.64 Å². The summed E-state index contributed by atoms with van der Waals surface area (Å²) >= 11 is 13.7. The van der Waals surface area contributed by atoms with Crippen LogP contribution in [-0.2, 0) is 13.0 Å². The van der Waals surface area contributed by atoms with E-state index in [0.717, 1.165) is 25.2 Å². The number of amides is 1. The number of fused-ring (bicyclic) bond motifs is 1. The van der Waals surface area contributed by atoms with Crippen molar-refractivity contribution in [1.82, 2.24) is 9.88 Å². The Balaban J connectivity index is 1.87. The molecule has 0 saturated heterocycles. The molecule has 3 rings (SSSR count). The van der Waals surface area contributed by atoms with Crippen molar-refractivity contribution >= 4 is 45.6 Å². The molecule has 0 saturated carbocycles. The summed E-state index contributed by atoms with van der Waals surface area (Å²) in [5, 5.41) is 3.98. The van der Waals surface area contributed by atoms with Crippen molar-refractivity contribution < 1.29 is 9.53 Å². The van der Waals surface area contributed by atoms with Gasteiger partial charge in [-0.3, -0.25) is 10.1 Å². The molecule has 0 bridgehead atoms. The zero-order valence-corrected chi connectivity index (χ0v) is 15.0. The van der Waals surface area contributed by atoms with Crippen LogP contribution in [0.3, 0.4) is 0 Å². The quantitative estimate of drug-likeness (QED) is 0.893. The van der Waals surface area contributed by atoms with Crippen molar-refractivity contribution in [1.29, 1.82) is 0 Å². The van der Waals surface area contributed by atoms with Crippen LogP contribution in [0.1, 0.15) is 20.9 Å². The highest BCUT2D eigenvalue weighted by atomic mass is 35.5. The Labute approximate surface area is 148 Å². The van der Waals surface area contributed by atoms with Crippen LogP contribution in [0.5, 0.6) is 5.75 Å². The molecule has 1 aliphatic rings. The maximum absolute atomic E-state index is 12.6. The minimum Gasteiger partial charge on any atom is -0.494 e. The van der Waals surface area contributed by atoms with E-state index in [-0.39, 0.29) is 22.2 Å². The fourth-order valence-electron chi connectivity index (χ4n) is 2.48. The first-order chi connectivity index (χ1) is 11.0. The third kappa shape index (κ3) is 3.30. The lowest BCUT2D eigenvalue weighted by molar-refractivity contribution is 0.102. The molecule has 1 amide bonds. The number of ether oxygens (including phenoxy) is 1. The molecule has 8 heteroatoms. The molecule has 2 aromatic rings. The van der Waals surface area contributed by atoms with Crippen molar-refractivity contribution in [3.8, 4) is 5.75 Å². The molecule has 0 aliphatic carbocycles. The molecule has 0 spiro atoms. The molecule has 5 nitrogen and oxygen atoms in total. The zero-order chi connectivity index (χ0) is 16.6. The van der Waals surface area contributed by atoms with Crippen LogP contribution in [0.2, 0.25) is 10.0 Å². The predicted molar refractivity (Wildman–Crippen MR) is 93.1 cm³/mol. The lowest BCUT2D eigenvalue weighted by Crippen LogP contribution is -2.25. The number of halogens is 2. The number of methoxy groups -OCH3 is 1. The Kier molecular flexibility index (Phi) is 4.77. The van der Waals surface area contributed by atoms with Crippen molar-refractivity contribution in [2.24, 2.45) is 0 Å². The van der Waals surface area contributed by atoms with Gasteiger partial charge in [-0.1, -0.05) is 23.2 Å². The predicted octanol–water partition coefficient (Wildman–Crippen LogP) is 3.70. The van der Waals surface area contributed by atoms with E-state index in [1.807, 2.05) is 0 Å². The third-order valence-electron chi connectivity index (χ3n) is 3.63. The highest BCUT2D eigenvalue weighted by Gasteiger charge is 2.23. The van der Waals surface area contributed by atoms with Gasteiger partial charge in [-0.15, -0.1) is 11.3 Å². The van der Waals surface area contributed by atoms with E-state index in [1.165, 1.54) is 23.3 Å². The monoisotopic (exact) mass is 371 g/mol. The van der Waals surface area contributed by atoms with Crippen LogP contribution in [0.25, 0.3) is 0 Å². The van der Waals surface area contributed by atoms with Crippen LogP contribution in [0.4, 0.5) is 5.13 Å². The van der Waals surface area contributed by atoms with Gasteiger partial charge in [0.05, 0.1) is 22.8 Å². The number of carbonyl (C=O) groups is 1. The van der Waals surface area contributed by atoms with Gasteiger partial charge in [-0.25, -0.2) is 4.98 Å². The summed E-state index contributed by atoms with van der Waals surface area (Å²) < 4.78 is 5.21. The summed E-state index contributed by atoms with van der Waals surface area (Å²) in [6.45, 7) is 1.82. The maximum atomic E-state index is 12.6. The van der Waals surface area contributed by atoms with Gasteiger partial charge in [-0.05, 0) is 19.2 Å². The molecule has 0 fully saturated rings. The van der Waals surface area contributed by atoms with E-state index < -0.39 is 0 Å². The normalized spacial score (nSPS) is 14.4. The van der Waals surface area contributed by atoms with Gasteiger partial charge in [0, 0.05) is 24.4 Å². The lowest BCUT2D eigenvalue weighted by atomic mass is 10.2. The van der Waals surface area contributed by atoms with Gasteiger partial charge in [0.25, 0.3) is 5.91 Å². The second kappa shape index (κ2) is 6.65. The van der Waals surface area contributed by atoms with E-state index >= 15 is 0 Å². The van der Waals surface area contributed by atoms with Gasteiger partial charge in [-0.2, -0.15) is 0 Å². The lowest BCUT2D eigenvalue weighted by Gasteiger charge is -2.20. The first-order valence-electron chi connectivity index (χ1n) is 7.00. The van der Waals surface area contributed by atoms with Gasteiger partial charge in [0.2, 0.25) is 0 Å². The summed E-state index contributed by atoms with van der Waals surface area (Å²) in [7, 11) is 3.52. The summed E-state index contributed by atoms with van der Waals surface area (Å²) in [5.74, 6) is -0.119. The molecule has 2 heterocycles. The molecule has 1 aromatic carbocycles. The Bertz CT molecular complexity index is 763. The summed E-state index contributed by atoms with van der Waals surface area (Å²) in [4.78, 5) is 20.5. The van der Waals surface area contributed by atoms with Crippen molar-refractivity contribution in [3.63, 3.8) is 0 Å². The second-order valence-corrected chi connectivity index (χ2v) is 7.17. The molecule has 1 aliphatic heterocycles. The molecule has 0 radical (unpaired) electrons. The molecular weight excluding hydrogens is 357 g/mol. The van der Waals surface area contributed by atoms with Crippen LogP contribution in [0, 0.1) is 0 Å². The average Bonchev–Trinajstić information content (AvgIpc) is 2.90. The van der Waals surface area contributed by atoms with E-state index in [9.17, 15) is 4.79 Å². The van der Waals surface area contributed by atoms with Gasteiger partial charge in [0.15, 0.2) is 10.9 Å². The van der Waals surface area contributed by atoms with Crippen LogP contribution in [-0.4, -0.2) is 36.5 Å². The SMILES string of the molecule is COc1c(Cl)ccc(Cl)c1C(=O)Nc1nc2c(s1)CN(C)CC2. The summed E-state index contributed by atoms with van der Waals surface area (Å²) in [6.07, 6.45) is 0.888. The number of carbonyl (C=O) groups excluding carboxylic acids is 1. The highest BCUT2D eigenvalue weighted by molar-refractivity contribution is 7.15. The third-order valence-corrected chi connectivity index (χ3v) is 5.24. The minimum atomic E-state index is -0.381. The number of hydrogen-bond acceptors (Lipinski definition) is 5. The molecule has 23 heavy (non-hydrogen) atoms. The topological polar surface area (TPSA) is 54.5 Å². The Morgan fingerprint density at radius 3 is 2.87 bits per heavy atom. The largest absolute Gasteiger partial charge is 0.494 e. The number of nitrogens with one attached hydrogen (secondary N) is 1. The smallest absolute Gasteiger partial charge is 0.262 e. The molecule has 1 N–H and O–H groups in total. The Morgan fingerprint density at radius 2 is 2.13 bits per heavy atom. The fraction of sp³-hybridized carbons (Fsp3) is 0.333. The number of benzene rings is 1. The maximum Gasteiger partial charge on any atom is 0.262 e. The first-order valence-corrected chi connectivity index (χ1v) is 8.57. The van der Waals surface area contributed by atoms with E-state index in [2.05, 4.69) is 22.2 Å². The highest BCUT2D eigenvalue weighted by Crippen LogP contribution is 2.35. The molecule has 122 valence electrons. The van der Waals surface area contributed by atoms with Crippen LogP contribution in [0.15, 0.2) is 12.1 Å². The standard InChI is InChI=1S/C15H15Cl2N3O2S/c1-20-6-5-10-11(7-20)23-15(18-10)19-14(21)12-8(16)3-4-9(17)13(12)22-2/h3-4H,5-7H2,1-2H3,(H,18,19,21). The Hall–Kier alpha value is -1.34. The number of anilines is 1. The Morgan fingerprint density at radius 1 is 1.39 bits per heavy atom. The fourth-order valence-corrected chi connectivity index (χ4v) is 4.03. The molecular formula is C15H15Cl2N3O2S. The number of nitrogens with zero attached hydrogens (tertiary/aromatic N) is 2. The number of thiazole rings is 1. The van der Waals surface area contributed by atoms with Crippen molar-refractivity contribution in [3.05, 3.63) is 38.3 Å². The molecule has 0 unspecified atom stereocenters. The van der Waals surface area contributed by atoms with Gasteiger partial charge >= 0.3 is 0 Å². The first kappa shape index (κ1) is 16.5. The van der Waals surface area contributed by atoms with E-state index in [0.29, 0.717) is 10.2 Å². The number of aromatic nitrogens is 1. The summed E-state index contributed by atoms with van der Waals surface area (Å²) in [6, 6.07) is 3.17. The summed E-state index contributed by atoms with van der Waals surface area (Å²) in [5.41, 5.74) is 1.26. The zero-order valence-electron chi connectivity index (χ0n) is 12.7. The van der Waals surface area contributed by atoms with Gasteiger partial charge in [0.1, 0.15) is 5.56 Å². The van der Waals surface area contributed by atoms with E-state index in [1.54, 1.807) is 12.1 Å². The van der Waals surface area contributed by atoms with Crippen molar-refractivity contribution in [2.45, 2.75) is 13.0 Å². The number of rotatable bonds is 3. The average molecular weight is 372 g/mol. The van der Waals surface area contributed by atoms with Crippen LogP contribution < -0.4 is 10.1 Å². The number of likely N-dealkylation sites (N-methyl/N-ethyl adjacent to an activating group) is 1. The van der Waals surface area contributed by atoms with Crippen LogP contribution >= 0.6 is 34.5 Å². The number of hydrogen-bond donors (Lipinski definition) is 1. The molecule has 0 atom stereocenters. The minimum absolute atomic E-state index is 0.215. The second-order valence-electron chi connectivity index (χ2n) is 5.27. The van der Waals surface area contributed by atoms with E-state index in [4.69, 9.17) is 27.9 Å². The molecule has 1 aromatic heterocycles. The van der Waals surface area contributed by atoms with Crippen molar-refractivity contribution in [2.75, 3.05) is 26.0 Å².